The second-order valence-electron chi connectivity index (χ2n) is 4.83. The van der Waals surface area contributed by atoms with Crippen molar-refractivity contribution in [2.75, 3.05) is 0 Å². The van der Waals surface area contributed by atoms with Crippen molar-refractivity contribution in [1.29, 1.82) is 5.26 Å². The molecule has 21 heavy (non-hydrogen) atoms. The molecule has 0 bridgehead atoms. The van der Waals surface area contributed by atoms with Gasteiger partial charge in [0.2, 0.25) is 0 Å². The Morgan fingerprint density at radius 1 is 1.19 bits per heavy atom. The maximum Gasteiger partial charge on any atom is 0.187 e. The molecule has 0 fully saturated rings. The Kier molecular flexibility index (Phi) is 4.57. The van der Waals surface area contributed by atoms with E-state index < -0.39 is 0 Å². The second kappa shape index (κ2) is 6.58. The van der Waals surface area contributed by atoms with E-state index in [1.807, 2.05) is 44.2 Å². The molecule has 0 aliphatic heterocycles. The Hall–Kier alpha value is -2.80. The molecule has 106 valence electrons. The van der Waals surface area contributed by atoms with Gasteiger partial charge in [-0.1, -0.05) is 35.5 Å². The van der Waals surface area contributed by atoms with Crippen molar-refractivity contribution >= 4 is 5.71 Å². The summed E-state index contributed by atoms with van der Waals surface area (Å²) in [4.78, 5) is 0. The van der Waals surface area contributed by atoms with Crippen molar-refractivity contribution in [3.8, 4) is 11.8 Å². The number of nitrogens with zero attached hydrogens (tertiary/aromatic N) is 2. The molecular weight excluding hydrogens is 264 g/mol. The summed E-state index contributed by atoms with van der Waals surface area (Å²) < 4.78 is 5.79. The largest absolute Gasteiger partial charge is 0.489 e. The molecule has 1 N–H and O–H groups in total. The van der Waals surface area contributed by atoms with E-state index >= 15 is 0 Å². The van der Waals surface area contributed by atoms with Gasteiger partial charge in [-0.2, -0.15) is 5.26 Å². The highest BCUT2D eigenvalue weighted by atomic mass is 16.5. The Bertz CT molecular complexity index is 695. The zero-order valence-corrected chi connectivity index (χ0v) is 12.0. The van der Waals surface area contributed by atoms with E-state index in [9.17, 15) is 0 Å². The number of benzene rings is 2. The summed E-state index contributed by atoms with van der Waals surface area (Å²) in [6.07, 6.45) is 0. The lowest BCUT2D eigenvalue weighted by molar-refractivity contribution is 0.305. The van der Waals surface area contributed by atoms with Crippen molar-refractivity contribution in [3.05, 3.63) is 64.7 Å². The van der Waals surface area contributed by atoms with Crippen LogP contribution in [0.5, 0.6) is 5.75 Å². The summed E-state index contributed by atoms with van der Waals surface area (Å²) in [6, 6.07) is 15.1. The van der Waals surface area contributed by atoms with Gasteiger partial charge in [0.15, 0.2) is 5.71 Å². The number of hydrogen-bond donors (Lipinski definition) is 1. The van der Waals surface area contributed by atoms with Crippen LogP contribution in [0.3, 0.4) is 0 Å². The molecule has 0 heterocycles. The van der Waals surface area contributed by atoms with E-state index in [4.69, 9.17) is 15.2 Å². The quantitative estimate of drug-likeness (QED) is 0.529. The van der Waals surface area contributed by atoms with Gasteiger partial charge in [-0.3, -0.25) is 0 Å². The fourth-order valence-corrected chi connectivity index (χ4v) is 2.19. The molecule has 0 saturated carbocycles. The summed E-state index contributed by atoms with van der Waals surface area (Å²) in [5.41, 5.74) is 3.62. The minimum Gasteiger partial charge on any atom is -0.489 e. The normalized spacial score (nSPS) is 11.0. The highest BCUT2D eigenvalue weighted by Gasteiger charge is 2.09. The number of hydrogen-bond acceptors (Lipinski definition) is 4. The van der Waals surface area contributed by atoms with Crippen LogP contribution in [0.4, 0.5) is 0 Å². The molecule has 0 aromatic heterocycles. The van der Waals surface area contributed by atoms with Gasteiger partial charge >= 0.3 is 0 Å². The third-order valence-electron chi connectivity index (χ3n) is 3.07. The number of rotatable bonds is 4. The minimum absolute atomic E-state index is 0.0189. The average Bonchev–Trinajstić information content (AvgIpc) is 2.46. The Morgan fingerprint density at radius 3 is 2.48 bits per heavy atom. The molecule has 0 amide bonds. The minimum atomic E-state index is -0.0189. The van der Waals surface area contributed by atoms with Crippen LogP contribution in [0.15, 0.2) is 47.6 Å². The van der Waals surface area contributed by atoms with Crippen molar-refractivity contribution in [2.24, 2.45) is 5.16 Å². The van der Waals surface area contributed by atoms with E-state index in [1.54, 1.807) is 12.1 Å². The van der Waals surface area contributed by atoms with Crippen LogP contribution in [-0.4, -0.2) is 10.9 Å². The molecule has 0 spiro atoms. The van der Waals surface area contributed by atoms with Gasteiger partial charge in [0.05, 0.1) is 0 Å². The number of ether oxygens (including phenoxy) is 1. The third-order valence-corrected chi connectivity index (χ3v) is 3.07. The van der Waals surface area contributed by atoms with Gasteiger partial charge in [-0.05, 0) is 42.7 Å². The predicted octanol–water partition coefficient (Wildman–Crippen LogP) is 3.58. The van der Waals surface area contributed by atoms with Crippen LogP contribution in [0.2, 0.25) is 0 Å². The van der Waals surface area contributed by atoms with Crippen LogP contribution >= 0.6 is 0 Å². The number of oxime groups is 1. The molecule has 2 rings (SSSR count). The lowest BCUT2D eigenvalue weighted by Gasteiger charge is -2.11. The molecule has 4 heteroatoms. The van der Waals surface area contributed by atoms with E-state index in [2.05, 4.69) is 11.2 Å². The summed E-state index contributed by atoms with van der Waals surface area (Å²) in [6.45, 7) is 4.33. The average molecular weight is 280 g/mol. The lowest BCUT2D eigenvalue weighted by atomic mass is 10.0. The van der Waals surface area contributed by atoms with Crippen molar-refractivity contribution in [3.63, 3.8) is 0 Å². The smallest absolute Gasteiger partial charge is 0.187 e. The van der Waals surface area contributed by atoms with Crippen LogP contribution in [-0.2, 0) is 6.61 Å². The molecule has 0 saturated heterocycles. The van der Waals surface area contributed by atoms with Gasteiger partial charge in [-0.25, -0.2) is 0 Å². The van der Waals surface area contributed by atoms with Crippen LogP contribution < -0.4 is 4.74 Å². The molecule has 0 atom stereocenters. The molecule has 0 aliphatic carbocycles. The van der Waals surface area contributed by atoms with Gasteiger partial charge < -0.3 is 9.94 Å². The monoisotopic (exact) mass is 280 g/mol. The zero-order chi connectivity index (χ0) is 15.2. The third kappa shape index (κ3) is 3.61. The zero-order valence-electron chi connectivity index (χ0n) is 12.0. The lowest BCUT2D eigenvalue weighted by Crippen LogP contribution is -2.06. The Morgan fingerprint density at radius 2 is 1.86 bits per heavy atom. The van der Waals surface area contributed by atoms with Crippen LogP contribution in [0.25, 0.3) is 0 Å². The van der Waals surface area contributed by atoms with Crippen LogP contribution in [0, 0.1) is 25.2 Å². The first-order chi connectivity index (χ1) is 10.1. The fraction of sp³-hybridized carbons (Fsp3) is 0.176. The molecule has 0 aliphatic rings. The first-order valence-corrected chi connectivity index (χ1v) is 6.55. The van der Waals surface area contributed by atoms with E-state index in [-0.39, 0.29) is 5.71 Å². The Labute approximate surface area is 123 Å². The first-order valence-electron chi connectivity index (χ1n) is 6.55. The summed E-state index contributed by atoms with van der Waals surface area (Å²) in [7, 11) is 0. The van der Waals surface area contributed by atoms with Gasteiger partial charge in [0.25, 0.3) is 0 Å². The number of aryl methyl sites for hydroxylation is 2. The van der Waals surface area contributed by atoms with Crippen molar-refractivity contribution in [1.82, 2.24) is 0 Å². The maximum atomic E-state index is 8.98. The number of nitriles is 1. The summed E-state index contributed by atoms with van der Waals surface area (Å²) >= 11 is 0. The standard InChI is InChI=1S/C17H16N2O2/c1-12-7-13(2)9-15(8-12)21-11-14-5-3-4-6-16(14)17(10-18)19-20/h3-9,20H,11H2,1-2H3/b19-17-. The van der Waals surface area contributed by atoms with E-state index in [0.717, 1.165) is 22.4 Å². The first kappa shape index (κ1) is 14.6. The van der Waals surface area contributed by atoms with Gasteiger partial charge in [-0.15, -0.1) is 0 Å². The van der Waals surface area contributed by atoms with Crippen molar-refractivity contribution in [2.45, 2.75) is 20.5 Å². The van der Waals surface area contributed by atoms with Crippen molar-refractivity contribution < 1.29 is 9.94 Å². The van der Waals surface area contributed by atoms with E-state index in [1.165, 1.54) is 0 Å². The highest BCUT2D eigenvalue weighted by molar-refractivity contribution is 6.12. The second-order valence-corrected chi connectivity index (χ2v) is 4.83. The molecule has 0 unspecified atom stereocenters. The molecule has 2 aromatic carbocycles. The Balaban J connectivity index is 2.23. The topological polar surface area (TPSA) is 65.6 Å². The summed E-state index contributed by atoms with van der Waals surface area (Å²) in [5.74, 6) is 0.779. The molecule has 2 aromatic rings. The van der Waals surface area contributed by atoms with Gasteiger partial charge in [0.1, 0.15) is 18.4 Å². The van der Waals surface area contributed by atoms with E-state index in [0.29, 0.717) is 12.2 Å². The van der Waals surface area contributed by atoms with Gasteiger partial charge in [0, 0.05) is 5.56 Å². The molecular formula is C17H16N2O2. The fourth-order valence-electron chi connectivity index (χ4n) is 2.19. The SMILES string of the molecule is Cc1cc(C)cc(OCc2ccccc2/C(C#N)=N\O)c1. The maximum absolute atomic E-state index is 8.98. The molecule has 0 radical (unpaired) electrons. The van der Waals surface area contributed by atoms with Crippen LogP contribution in [0.1, 0.15) is 22.3 Å². The molecule has 4 nitrogen and oxygen atoms in total. The predicted molar refractivity (Wildman–Crippen MR) is 80.6 cm³/mol. The highest BCUT2D eigenvalue weighted by Crippen LogP contribution is 2.19. The summed E-state index contributed by atoms with van der Waals surface area (Å²) in [5, 5.41) is 20.9.